The summed E-state index contributed by atoms with van der Waals surface area (Å²) in [6.07, 6.45) is 1.77. The van der Waals surface area contributed by atoms with Crippen molar-refractivity contribution in [1.82, 2.24) is 4.98 Å². The number of aliphatic hydroxyl groups excluding tert-OH is 1. The largest absolute Gasteiger partial charge is 0.396 e. The maximum absolute atomic E-state index is 9.15. The number of nitriles is 1. The average Bonchev–Trinajstić information content (AvgIpc) is 2.33. The molecule has 0 aliphatic rings. The predicted molar refractivity (Wildman–Crippen MR) is 72.4 cm³/mol. The molecule has 0 aromatic carbocycles. The third-order valence-electron chi connectivity index (χ3n) is 3.13. The lowest BCUT2D eigenvalue weighted by atomic mass is 10.0. The molecule has 1 unspecified atom stereocenters. The summed E-state index contributed by atoms with van der Waals surface area (Å²) in [6, 6.07) is 4.10. The Balaban J connectivity index is 2.81. The fourth-order valence-electron chi connectivity index (χ4n) is 1.98. The summed E-state index contributed by atoms with van der Waals surface area (Å²) < 4.78 is 0. The molecule has 98 valence electrons. The summed E-state index contributed by atoms with van der Waals surface area (Å²) >= 11 is 0. The molecule has 0 saturated carbocycles. The van der Waals surface area contributed by atoms with Gasteiger partial charge in [-0.1, -0.05) is 13.3 Å². The maximum atomic E-state index is 9.15. The molecule has 0 bridgehead atoms. The Bertz CT molecular complexity index is 437. The molecule has 0 amide bonds. The molecule has 18 heavy (non-hydrogen) atoms. The topological polar surface area (TPSA) is 68.9 Å². The molecule has 1 atom stereocenters. The zero-order valence-corrected chi connectivity index (χ0v) is 11.3. The van der Waals surface area contributed by atoms with Crippen LogP contribution in [0.1, 0.15) is 36.6 Å². The Kier molecular flexibility index (Phi) is 5.60. The van der Waals surface area contributed by atoms with E-state index in [1.165, 1.54) is 0 Å². The lowest BCUT2D eigenvalue weighted by Gasteiger charge is -2.16. The summed E-state index contributed by atoms with van der Waals surface area (Å²) in [4.78, 5) is 4.38. The highest BCUT2D eigenvalue weighted by Gasteiger charge is 2.10. The Hall–Kier alpha value is -1.60. The molecule has 0 radical (unpaired) electrons. The van der Waals surface area contributed by atoms with Crippen LogP contribution < -0.4 is 5.32 Å². The van der Waals surface area contributed by atoms with E-state index in [1.54, 1.807) is 0 Å². The number of nitrogens with one attached hydrogen (secondary N) is 1. The molecule has 4 heteroatoms. The van der Waals surface area contributed by atoms with Gasteiger partial charge in [0.1, 0.15) is 11.9 Å². The van der Waals surface area contributed by atoms with E-state index in [4.69, 9.17) is 10.4 Å². The first-order valence-electron chi connectivity index (χ1n) is 6.35. The third kappa shape index (κ3) is 3.71. The smallest absolute Gasteiger partial charge is 0.144 e. The lowest BCUT2D eigenvalue weighted by Crippen LogP contribution is -2.17. The third-order valence-corrected chi connectivity index (χ3v) is 3.13. The van der Waals surface area contributed by atoms with Crippen molar-refractivity contribution in [2.75, 3.05) is 18.5 Å². The van der Waals surface area contributed by atoms with Crippen molar-refractivity contribution in [3.05, 3.63) is 22.9 Å². The quantitative estimate of drug-likeness (QED) is 0.810. The van der Waals surface area contributed by atoms with Crippen LogP contribution >= 0.6 is 0 Å². The molecular formula is C14H21N3O. The van der Waals surface area contributed by atoms with Gasteiger partial charge in [-0.15, -0.1) is 0 Å². The predicted octanol–water partition coefficient (Wildman–Crippen LogP) is 2.39. The fourth-order valence-corrected chi connectivity index (χ4v) is 1.98. The first-order chi connectivity index (χ1) is 8.62. The Morgan fingerprint density at radius 3 is 2.78 bits per heavy atom. The minimum absolute atomic E-state index is 0.200. The summed E-state index contributed by atoms with van der Waals surface area (Å²) in [5.41, 5.74) is 2.46. The van der Waals surface area contributed by atoms with Crippen molar-refractivity contribution in [3.8, 4) is 6.07 Å². The van der Waals surface area contributed by atoms with E-state index in [1.807, 2.05) is 19.9 Å². The standard InChI is InChI=1S/C14H21N3O/c1-4-12(5-6-18)9-16-14-13(8-15)10(2)7-11(3)17-14/h7,12,18H,4-6,9H2,1-3H3,(H,16,17). The second-order valence-corrected chi connectivity index (χ2v) is 4.58. The van der Waals surface area contributed by atoms with E-state index >= 15 is 0 Å². The zero-order chi connectivity index (χ0) is 13.5. The van der Waals surface area contributed by atoms with E-state index in [0.717, 1.165) is 30.6 Å². The van der Waals surface area contributed by atoms with Crippen molar-refractivity contribution in [3.63, 3.8) is 0 Å². The zero-order valence-electron chi connectivity index (χ0n) is 11.3. The molecule has 4 nitrogen and oxygen atoms in total. The maximum Gasteiger partial charge on any atom is 0.144 e. The SMILES string of the molecule is CCC(CCO)CNc1nc(C)cc(C)c1C#N. The number of rotatable bonds is 6. The van der Waals surface area contributed by atoms with Crippen LogP contribution in [0.15, 0.2) is 6.07 Å². The average molecular weight is 247 g/mol. The monoisotopic (exact) mass is 247 g/mol. The van der Waals surface area contributed by atoms with Gasteiger partial charge < -0.3 is 10.4 Å². The van der Waals surface area contributed by atoms with E-state index in [-0.39, 0.29) is 6.61 Å². The molecule has 1 rings (SSSR count). The molecule has 0 aliphatic heterocycles. The number of nitrogens with zero attached hydrogens (tertiary/aromatic N) is 2. The van der Waals surface area contributed by atoms with Crippen LogP contribution in [0.25, 0.3) is 0 Å². The number of aromatic nitrogens is 1. The molecule has 0 saturated heterocycles. The highest BCUT2D eigenvalue weighted by Crippen LogP contribution is 2.18. The van der Waals surface area contributed by atoms with Gasteiger partial charge in [0.15, 0.2) is 0 Å². The van der Waals surface area contributed by atoms with Gasteiger partial charge in [0.05, 0.1) is 5.56 Å². The van der Waals surface area contributed by atoms with Crippen LogP contribution in [-0.4, -0.2) is 23.2 Å². The van der Waals surface area contributed by atoms with Crippen molar-refractivity contribution < 1.29 is 5.11 Å². The Labute approximate surface area is 109 Å². The minimum atomic E-state index is 0.200. The minimum Gasteiger partial charge on any atom is -0.396 e. The molecule has 0 spiro atoms. The van der Waals surface area contributed by atoms with Gasteiger partial charge in [-0.25, -0.2) is 4.98 Å². The summed E-state index contributed by atoms with van der Waals surface area (Å²) in [5.74, 6) is 1.07. The fraction of sp³-hybridized carbons (Fsp3) is 0.571. The van der Waals surface area contributed by atoms with Crippen LogP contribution in [-0.2, 0) is 0 Å². The summed E-state index contributed by atoms with van der Waals surface area (Å²) in [5, 5.41) is 21.3. The first kappa shape index (κ1) is 14.5. The second-order valence-electron chi connectivity index (χ2n) is 4.58. The second kappa shape index (κ2) is 6.97. The molecule has 0 aliphatic carbocycles. The van der Waals surface area contributed by atoms with Crippen LogP contribution in [0, 0.1) is 31.1 Å². The van der Waals surface area contributed by atoms with E-state index in [2.05, 4.69) is 23.3 Å². The van der Waals surface area contributed by atoms with Gasteiger partial charge >= 0.3 is 0 Å². The first-order valence-corrected chi connectivity index (χ1v) is 6.35. The van der Waals surface area contributed by atoms with Crippen LogP contribution in [0.3, 0.4) is 0 Å². The number of hydrogen-bond acceptors (Lipinski definition) is 4. The van der Waals surface area contributed by atoms with Gasteiger partial charge in [-0.05, 0) is 37.8 Å². The molecule has 2 N–H and O–H groups in total. The molecular weight excluding hydrogens is 226 g/mol. The number of pyridine rings is 1. The van der Waals surface area contributed by atoms with Gasteiger partial charge in [-0.2, -0.15) is 5.26 Å². The van der Waals surface area contributed by atoms with Crippen molar-refractivity contribution in [2.45, 2.75) is 33.6 Å². The highest BCUT2D eigenvalue weighted by atomic mass is 16.3. The van der Waals surface area contributed by atoms with Crippen molar-refractivity contribution in [1.29, 1.82) is 5.26 Å². The van der Waals surface area contributed by atoms with Gasteiger partial charge in [0, 0.05) is 18.8 Å². The molecule has 0 fully saturated rings. The number of aliphatic hydroxyl groups is 1. The van der Waals surface area contributed by atoms with E-state index < -0.39 is 0 Å². The van der Waals surface area contributed by atoms with E-state index in [9.17, 15) is 0 Å². The molecule has 1 aromatic heterocycles. The lowest BCUT2D eigenvalue weighted by molar-refractivity contribution is 0.258. The number of anilines is 1. The molecule has 1 heterocycles. The van der Waals surface area contributed by atoms with Crippen LogP contribution in [0.2, 0.25) is 0 Å². The molecule has 1 aromatic rings. The highest BCUT2D eigenvalue weighted by molar-refractivity contribution is 5.56. The van der Waals surface area contributed by atoms with Crippen LogP contribution in [0.5, 0.6) is 0 Å². The number of hydrogen-bond donors (Lipinski definition) is 2. The summed E-state index contributed by atoms with van der Waals surface area (Å²) in [7, 11) is 0. The van der Waals surface area contributed by atoms with Crippen LogP contribution in [0.4, 0.5) is 5.82 Å². The Morgan fingerprint density at radius 2 is 2.22 bits per heavy atom. The van der Waals surface area contributed by atoms with Gasteiger partial charge in [-0.3, -0.25) is 0 Å². The van der Waals surface area contributed by atoms with E-state index in [0.29, 0.717) is 17.3 Å². The Morgan fingerprint density at radius 1 is 1.50 bits per heavy atom. The number of aryl methyl sites for hydroxylation is 2. The van der Waals surface area contributed by atoms with Gasteiger partial charge in [0.2, 0.25) is 0 Å². The normalized spacial score (nSPS) is 11.9. The summed E-state index contributed by atoms with van der Waals surface area (Å²) in [6.45, 7) is 6.88. The van der Waals surface area contributed by atoms with Crippen molar-refractivity contribution >= 4 is 5.82 Å². The van der Waals surface area contributed by atoms with Gasteiger partial charge in [0.25, 0.3) is 0 Å². The van der Waals surface area contributed by atoms with Crippen molar-refractivity contribution in [2.24, 2.45) is 5.92 Å².